The number of aliphatic hydroxyl groups excluding tert-OH is 1. The zero-order valence-electron chi connectivity index (χ0n) is 8.63. The highest BCUT2D eigenvalue weighted by Crippen LogP contribution is 1.99. The number of hydrogen-bond acceptors (Lipinski definition) is 3. The molecule has 0 aliphatic heterocycles. The van der Waals surface area contributed by atoms with E-state index in [2.05, 4.69) is 9.44 Å². The van der Waals surface area contributed by atoms with E-state index in [1.807, 2.05) is 30.3 Å². The lowest BCUT2D eigenvalue weighted by Gasteiger charge is -2.03. The summed E-state index contributed by atoms with van der Waals surface area (Å²) in [6, 6.07) is 9.30. The Labute approximate surface area is 95.0 Å². The van der Waals surface area contributed by atoms with Gasteiger partial charge in [0.25, 0.3) is 10.2 Å². The van der Waals surface area contributed by atoms with E-state index >= 15 is 0 Å². The molecule has 0 bridgehead atoms. The Hall–Kier alpha value is -1.37. The summed E-state index contributed by atoms with van der Waals surface area (Å²) < 4.78 is 26.8. The van der Waals surface area contributed by atoms with Gasteiger partial charge in [-0.3, -0.25) is 4.72 Å². The maximum atomic E-state index is 11.2. The Morgan fingerprint density at radius 3 is 2.56 bits per heavy atom. The maximum Gasteiger partial charge on any atom is 0.298 e. The van der Waals surface area contributed by atoms with Crippen LogP contribution in [0.3, 0.4) is 0 Å². The predicted octanol–water partition coefficient (Wildman–Crippen LogP) is 0.0736. The molecule has 1 rings (SSSR count). The van der Waals surface area contributed by atoms with Gasteiger partial charge >= 0.3 is 0 Å². The van der Waals surface area contributed by atoms with Gasteiger partial charge in [-0.25, -0.2) is 0 Å². The third kappa shape index (κ3) is 4.92. The van der Waals surface area contributed by atoms with Gasteiger partial charge < -0.3 is 5.11 Å². The molecule has 0 heterocycles. The second-order valence-electron chi connectivity index (χ2n) is 2.98. The van der Waals surface area contributed by atoms with Crippen molar-refractivity contribution in [3.63, 3.8) is 0 Å². The largest absolute Gasteiger partial charge is 0.395 e. The summed E-state index contributed by atoms with van der Waals surface area (Å²) in [5.41, 5.74) is 0.896. The van der Waals surface area contributed by atoms with Gasteiger partial charge in [0.15, 0.2) is 0 Å². The van der Waals surface area contributed by atoms with Gasteiger partial charge in [0, 0.05) is 12.7 Å². The number of aliphatic hydroxyl groups is 1. The highest BCUT2D eigenvalue weighted by molar-refractivity contribution is 7.87. The summed E-state index contributed by atoms with van der Waals surface area (Å²) in [6.45, 7) is -0.238. The zero-order valence-corrected chi connectivity index (χ0v) is 9.44. The van der Waals surface area contributed by atoms with Crippen molar-refractivity contribution in [2.75, 3.05) is 13.2 Å². The first-order valence-electron chi connectivity index (χ1n) is 4.73. The fourth-order valence-electron chi connectivity index (χ4n) is 1.01. The van der Waals surface area contributed by atoms with Crippen LogP contribution < -0.4 is 9.44 Å². The summed E-state index contributed by atoms with van der Waals surface area (Å²) in [6.07, 6.45) is 2.97. The van der Waals surface area contributed by atoms with Crippen molar-refractivity contribution in [2.45, 2.75) is 0 Å². The lowest BCUT2D eigenvalue weighted by molar-refractivity contribution is 0.301. The van der Waals surface area contributed by atoms with E-state index in [1.165, 1.54) is 6.20 Å². The van der Waals surface area contributed by atoms with Crippen LogP contribution in [0.1, 0.15) is 5.56 Å². The van der Waals surface area contributed by atoms with Gasteiger partial charge in [0.1, 0.15) is 0 Å². The van der Waals surface area contributed by atoms with Crippen LogP contribution in [-0.4, -0.2) is 26.7 Å². The fraction of sp³-hybridized carbons (Fsp3) is 0.200. The maximum absolute atomic E-state index is 11.2. The summed E-state index contributed by atoms with van der Waals surface area (Å²) in [4.78, 5) is 0. The minimum Gasteiger partial charge on any atom is -0.395 e. The molecule has 0 radical (unpaired) electrons. The Morgan fingerprint density at radius 2 is 1.94 bits per heavy atom. The number of nitrogens with one attached hydrogen (secondary N) is 2. The first kappa shape index (κ1) is 12.7. The average molecular weight is 242 g/mol. The molecule has 6 heteroatoms. The van der Waals surface area contributed by atoms with Crippen molar-refractivity contribution in [1.82, 2.24) is 9.44 Å². The summed E-state index contributed by atoms with van der Waals surface area (Å²) in [5, 5.41) is 8.46. The highest BCUT2D eigenvalue weighted by Gasteiger charge is 2.03. The zero-order chi connectivity index (χ0) is 11.9. The van der Waals surface area contributed by atoms with Crippen LogP contribution in [0.5, 0.6) is 0 Å². The van der Waals surface area contributed by atoms with E-state index in [0.29, 0.717) is 0 Å². The van der Waals surface area contributed by atoms with E-state index in [9.17, 15) is 8.42 Å². The Balaban J connectivity index is 2.48. The van der Waals surface area contributed by atoms with Crippen molar-refractivity contribution >= 4 is 16.3 Å². The molecule has 0 saturated heterocycles. The molecule has 0 fully saturated rings. The van der Waals surface area contributed by atoms with Crippen LogP contribution in [-0.2, 0) is 10.2 Å². The Bertz CT molecular complexity index is 429. The van der Waals surface area contributed by atoms with Gasteiger partial charge in [-0.2, -0.15) is 13.1 Å². The lowest BCUT2D eigenvalue weighted by atomic mass is 10.2. The highest BCUT2D eigenvalue weighted by atomic mass is 32.2. The van der Waals surface area contributed by atoms with Gasteiger partial charge in [-0.05, 0) is 11.6 Å². The molecule has 0 atom stereocenters. The molecule has 0 unspecified atom stereocenters. The van der Waals surface area contributed by atoms with Crippen LogP contribution in [0.15, 0.2) is 36.5 Å². The fourth-order valence-corrected chi connectivity index (χ4v) is 1.70. The molecule has 1 aromatic rings. The summed E-state index contributed by atoms with van der Waals surface area (Å²) in [7, 11) is -3.56. The second-order valence-corrected chi connectivity index (χ2v) is 4.51. The summed E-state index contributed by atoms with van der Waals surface area (Å²) >= 11 is 0. The number of rotatable bonds is 6. The van der Waals surface area contributed by atoms with E-state index in [-0.39, 0.29) is 13.2 Å². The van der Waals surface area contributed by atoms with Crippen molar-refractivity contribution in [1.29, 1.82) is 0 Å². The van der Waals surface area contributed by atoms with Crippen LogP contribution in [0.4, 0.5) is 0 Å². The van der Waals surface area contributed by atoms with Gasteiger partial charge in [-0.15, -0.1) is 0 Å². The Kier molecular flexibility index (Phi) is 4.97. The normalized spacial score (nSPS) is 11.8. The van der Waals surface area contributed by atoms with Crippen LogP contribution in [0, 0.1) is 0 Å². The van der Waals surface area contributed by atoms with Crippen molar-refractivity contribution in [3.8, 4) is 0 Å². The van der Waals surface area contributed by atoms with Crippen LogP contribution >= 0.6 is 0 Å². The standard InChI is InChI=1S/C10H14N2O3S/c13-9-8-12-16(14,15)11-7-6-10-4-2-1-3-5-10/h1-7,11-13H,8-9H2. The number of hydrogen-bond donors (Lipinski definition) is 3. The molecular formula is C10H14N2O3S. The predicted molar refractivity (Wildman–Crippen MR) is 62.6 cm³/mol. The molecule has 16 heavy (non-hydrogen) atoms. The molecule has 1 aromatic carbocycles. The monoisotopic (exact) mass is 242 g/mol. The first-order valence-corrected chi connectivity index (χ1v) is 6.22. The van der Waals surface area contributed by atoms with Gasteiger partial charge in [-0.1, -0.05) is 30.3 Å². The van der Waals surface area contributed by atoms with Crippen molar-refractivity contribution in [3.05, 3.63) is 42.1 Å². The Morgan fingerprint density at radius 1 is 1.25 bits per heavy atom. The van der Waals surface area contributed by atoms with Crippen molar-refractivity contribution < 1.29 is 13.5 Å². The van der Waals surface area contributed by atoms with E-state index in [1.54, 1.807) is 6.08 Å². The van der Waals surface area contributed by atoms with E-state index < -0.39 is 10.2 Å². The SMILES string of the molecule is O=S(=O)(NC=Cc1ccccc1)NCCO. The van der Waals surface area contributed by atoms with E-state index in [4.69, 9.17) is 5.11 Å². The molecule has 0 aliphatic carbocycles. The lowest BCUT2D eigenvalue weighted by Crippen LogP contribution is -2.35. The second kappa shape index (κ2) is 6.26. The molecule has 5 nitrogen and oxygen atoms in total. The molecule has 0 amide bonds. The topological polar surface area (TPSA) is 78.4 Å². The molecular weight excluding hydrogens is 228 g/mol. The van der Waals surface area contributed by atoms with Crippen molar-refractivity contribution in [2.24, 2.45) is 0 Å². The third-order valence-electron chi connectivity index (χ3n) is 1.70. The van der Waals surface area contributed by atoms with Crippen LogP contribution in [0.25, 0.3) is 6.08 Å². The molecule has 3 N–H and O–H groups in total. The number of benzene rings is 1. The first-order chi connectivity index (χ1) is 7.64. The third-order valence-corrected chi connectivity index (χ3v) is 2.73. The average Bonchev–Trinajstić information content (AvgIpc) is 2.28. The quantitative estimate of drug-likeness (QED) is 0.660. The molecule has 0 spiro atoms. The van der Waals surface area contributed by atoms with Gasteiger partial charge in [0.05, 0.1) is 6.61 Å². The van der Waals surface area contributed by atoms with E-state index in [0.717, 1.165) is 5.56 Å². The molecule has 88 valence electrons. The summed E-state index contributed by atoms with van der Waals surface area (Å²) in [5.74, 6) is 0. The van der Waals surface area contributed by atoms with Crippen LogP contribution in [0.2, 0.25) is 0 Å². The smallest absolute Gasteiger partial charge is 0.298 e. The minimum absolute atomic E-state index is 0.00545. The molecule has 0 aliphatic rings. The molecule has 0 aromatic heterocycles. The van der Waals surface area contributed by atoms with Gasteiger partial charge in [0.2, 0.25) is 0 Å². The molecule has 0 saturated carbocycles. The minimum atomic E-state index is -3.56.